The van der Waals surface area contributed by atoms with E-state index in [0.717, 1.165) is 11.1 Å². The van der Waals surface area contributed by atoms with Gasteiger partial charge in [-0.3, -0.25) is 4.79 Å². The van der Waals surface area contributed by atoms with Crippen LogP contribution in [0.3, 0.4) is 0 Å². The first-order valence-corrected chi connectivity index (χ1v) is 9.66. The van der Waals surface area contributed by atoms with Crippen LogP contribution in [0.1, 0.15) is 76.8 Å². The Bertz CT molecular complexity index is 784. The van der Waals surface area contributed by atoms with Crippen molar-refractivity contribution in [2.24, 2.45) is 0 Å². The third kappa shape index (κ3) is 6.09. The highest BCUT2D eigenvalue weighted by atomic mass is 16.1. The van der Waals surface area contributed by atoms with E-state index in [0.29, 0.717) is 0 Å². The maximum absolute atomic E-state index is 12.3. The maximum atomic E-state index is 12.3. The molecule has 0 saturated carbocycles. The highest BCUT2D eigenvalue weighted by Crippen LogP contribution is 2.24. The zero-order chi connectivity index (χ0) is 20.2. The molecule has 0 spiro atoms. The fourth-order valence-corrected chi connectivity index (χ4v) is 2.88. The molecule has 2 rings (SSSR count). The van der Waals surface area contributed by atoms with Crippen LogP contribution < -0.4 is 5.32 Å². The van der Waals surface area contributed by atoms with E-state index in [1.807, 2.05) is 13.0 Å². The van der Waals surface area contributed by atoms with Gasteiger partial charge in [-0.2, -0.15) is 0 Å². The summed E-state index contributed by atoms with van der Waals surface area (Å²) in [5.41, 5.74) is 4.99. The summed E-state index contributed by atoms with van der Waals surface area (Å²) in [5.74, 6) is -0.0812. The fourth-order valence-electron chi connectivity index (χ4n) is 2.88. The van der Waals surface area contributed by atoms with E-state index >= 15 is 0 Å². The summed E-state index contributed by atoms with van der Waals surface area (Å²) in [6, 6.07) is 16.8. The molecule has 1 atom stereocenters. The minimum atomic E-state index is -0.0812. The van der Waals surface area contributed by atoms with Gasteiger partial charge in [0.25, 0.3) is 0 Å². The number of carbonyl (C=O) groups excluding carboxylic acids is 1. The summed E-state index contributed by atoms with van der Waals surface area (Å²) in [6.07, 6.45) is 3.46. The quantitative estimate of drug-likeness (QED) is 0.646. The Kier molecular flexibility index (Phi) is 6.30. The van der Waals surface area contributed by atoms with Crippen molar-refractivity contribution in [3.8, 4) is 0 Å². The molecule has 0 aliphatic heterocycles. The highest BCUT2D eigenvalue weighted by molar-refractivity contribution is 5.91. The fraction of sp³-hybridized carbons (Fsp3) is 0.400. The summed E-state index contributed by atoms with van der Waals surface area (Å²) in [6.45, 7) is 15.2. The largest absolute Gasteiger partial charge is 0.346 e. The van der Waals surface area contributed by atoms with Crippen LogP contribution in [-0.4, -0.2) is 5.91 Å². The van der Waals surface area contributed by atoms with Gasteiger partial charge >= 0.3 is 0 Å². The summed E-state index contributed by atoms with van der Waals surface area (Å²) >= 11 is 0. The lowest BCUT2D eigenvalue weighted by molar-refractivity contribution is -0.117. The van der Waals surface area contributed by atoms with Gasteiger partial charge in [-0.1, -0.05) is 90.1 Å². The molecule has 0 aliphatic carbocycles. The van der Waals surface area contributed by atoms with Gasteiger partial charge in [0.15, 0.2) is 0 Å². The smallest absolute Gasteiger partial charge is 0.244 e. The Hall–Kier alpha value is -2.35. The van der Waals surface area contributed by atoms with Crippen molar-refractivity contribution in [3.05, 3.63) is 76.9 Å². The van der Waals surface area contributed by atoms with Crippen LogP contribution >= 0.6 is 0 Å². The number of amides is 1. The van der Waals surface area contributed by atoms with Gasteiger partial charge in [-0.25, -0.2) is 0 Å². The van der Waals surface area contributed by atoms with Crippen molar-refractivity contribution in [1.29, 1.82) is 0 Å². The van der Waals surface area contributed by atoms with Crippen LogP contribution in [-0.2, 0) is 15.6 Å². The maximum Gasteiger partial charge on any atom is 0.244 e. The molecule has 2 aromatic rings. The molecule has 2 aromatic carbocycles. The Labute approximate surface area is 164 Å². The van der Waals surface area contributed by atoms with Crippen LogP contribution in [0.4, 0.5) is 0 Å². The Morgan fingerprint density at radius 3 is 1.70 bits per heavy atom. The monoisotopic (exact) mass is 363 g/mol. The second-order valence-electron chi connectivity index (χ2n) is 9.31. The van der Waals surface area contributed by atoms with Gasteiger partial charge < -0.3 is 5.32 Å². The standard InChI is InChI=1S/C25H33NO/c1-18(20-11-15-22(16-12-20)25(5,6)7)26-23(27)17-10-19-8-13-21(14-9-19)24(2,3)4/h8-18H,1-7H3,(H,26,27)/b17-10+/t18-/m0/s1. The van der Waals surface area contributed by atoms with Crippen molar-refractivity contribution in [2.75, 3.05) is 0 Å². The van der Waals surface area contributed by atoms with E-state index < -0.39 is 0 Å². The molecule has 2 nitrogen and oxygen atoms in total. The van der Waals surface area contributed by atoms with Crippen LogP contribution in [0, 0.1) is 0 Å². The summed E-state index contributed by atoms with van der Waals surface area (Å²) in [5, 5.41) is 3.03. The van der Waals surface area contributed by atoms with E-state index in [9.17, 15) is 4.79 Å². The molecule has 0 heterocycles. The number of hydrogen-bond donors (Lipinski definition) is 1. The first kappa shape index (κ1) is 21.0. The second kappa shape index (κ2) is 8.12. The Balaban J connectivity index is 1.97. The molecule has 0 radical (unpaired) electrons. The van der Waals surface area contributed by atoms with E-state index in [1.54, 1.807) is 6.08 Å². The van der Waals surface area contributed by atoms with Crippen molar-refractivity contribution < 1.29 is 4.79 Å². The SMILES string of the molecule is C[C@H](NC(=O)/C=C/c1ccc(C(C)(C)C)cc1)c1ccc(C(C)(C)C)cc1. The Morgan fingerprint density at radius 2 is 1.26 bits per heavy atom. The molecule has 144 valence electrons. The minimum absolute atomic E-state index is 0.0283. The lowest BCUT2D eigenvalue weighted by Crippen LogP contribution is -2.24. The van der Waals surface area contributed by atoms with Crippen LogP contribution in [0.25, 0.3) is 6.08 Å². The summed E-state index contributed by atoms with van der Waals surface area (Å²) in [4.78, 5) is 12.3. The van der Waals surface area contributed by atoms with Crippen LogP contribution in [0.2, 0.25) is 0 Å². The van der Waals surface area contributed by atoms with Gasteiger partial charge in [-0.15, -0.1) is 0 Å². The van der Waals surface area contributed by atoms with E-state index in [2.05, 4.69) is 95.4 Å². The van der Waals surface area contributed by atoms with Crippen molar-refractivity contribution in [3.63, 3.8) is 0 Å². The van der Waals surface area contributed by atoms with Gasteiger partial charge in [0.05, 0.1) is 6.04 Å². The minimum Gasteiger partial charge on any atom is -0.346 e. The number of carbonyl (C=O) groups is 1. The predicted octanol–water partition coefficient (Wildman–Crippen LogP) is 6.17. The molecule has 27 heavy (non-hydrogen) atoms. The van der Waals surface area contributed by atoms with Gasteiger partial charge in [-0.05, 0) is 46.1 Å². The zero-order valence-corrected chi connectivity index (χ0v) is 17.8. The zero-order valence-electron chi connectivity index (χ0n) is 17.8. The number of nitrogens with one attached hydrogen (secondary N) is 1. The van der Waals surface area contributed by atoms with Crippen molar-refractivity contribution >= 4 is 12.0 Å². The third-order valence-corrected chi connectivity index (χ3v) is 4.84. The Morgan fingerprint density at radius 1 is 0.815 bits per heavy atom. The average molecular weight is 364 g/mol. The molecule has 2 heteroatoms. The van der Waals surface area contributed by atoms with Crippen LogP contribution in [0.5, 0.6) is 0 Å². The first-order chi connectivity index (χ1) is 12.5. The number of rotatable bonds is 4. The molecule has 1 amide bonds. The second-order valence-corrected chi connectivity index (χ2v) is 9.31. The molecular formula is C25H33NO. The molecule has 0 saturated heterocycles. The van der Waals surface area contributed by atoms with Crippen molar-refractivity contribution in [2.45, 2.75) is 65.3 Å². The lowest BCUT2D eigenvalue weighted by atomic mass is 9.86. The molecule has 0 unspecified atom stereocenters. The molecular weight excluding hydrogens is 330 g/mol. The van der Waals surface area contributed by atoms with Gasteiger partial charge in [0, 0.05) is 6.08 Å². The molecule has 1 N–H and O–H groups in total. The van der Waals surface area contributed by atoms with Crippen LogP contribution in [0.15, 0.2) is 54.6 Å². The molecule has 0 bridgehead atoms. The number of hydrogen-bond acceptors (Lipinski definition) is 1. The van der Waals surface area contributed by atoms with Gasteiger partial charge in [0.2, 0.25) is 5.91 Å². The van der Waals surface area contributed by atoms with E-state index in [4.69, 9.17) is 0 Å². The molecule has 0 aromatic heterocycles. The number of benzene rings is 2. The predicted molar refractivity (Wildman–Crippen MR) is 116 cm³/mol. The average Bonchev–Trinajstić information content (AvgIpc) is 2.59. The van der Waals surface area contributed by atoms with Crippen molar-refractivity contribution in [1.82, 2.24) is 5.32 Å². The highest BCUT2D eigenvalue weighted by Gasteiger charge is 2.15. The van der Waals surface area contributed by atoms with E-state index in [-0.39, 0.29) is 22.8 Å². The molecule has 0 fully saturated rings. The van der Waals surface area contributed by atoms with E-state index in [1.165, 1.54) is 11.1 Å². The lowest BCUT2D eigenvalue weighted by Gasteiger charge is -2.20. The summed E-state index contributed by atoms with van der Waals surface area (Å²) in [7, 11) is 0. The van der Waals surface area contributed by atoms with Gasteiger partial charge in [0.1, 0.15) is 0 Å². The first-order valence-electron chi connectivity index (χ1n) is 9.66. The molecule has 0 aliphatic rings. The summed E-state index contributed by atoms with van der Waals surface area (Å²) < 4.78 is 0. The third-order valence-electron chi connectivity index (χ3n) is 4.84. The topological polar surface area (TPSA) is 29.1 Å². The normalized spacial score (nSPS) is 13.6.